The van der Waals surface area contributed by atoms with E-state index in [0.717, 1.165) is 12.1 Å². The summed E-state index contributed by atoms with van der Waals surface area (Å²) in [5.41, 5.74) is 2.57. The highest BCUT2D eigenvalue weighted by atomic mass is 32.2. The van der Waals surface area contributed by atoms with Gasteiger partial charge in [0.2, 0.25) is 10.0 Å². The van der Waals surface area contributed by atoms with Crippen LogP contribution in [0.3, 0.4) is 0 Å². The highest BCUT2D eigenvalue weighted by Crippen LogP contribution is 2.22. The summed E-state index contributed by atoms with van der Waals surface area (Å²) in [6.45, 7) is 3.29. The Morgan fingerprint density at radius 1 is 0.771 bits per heavy atom. The first-order chi connectivity index (χ1) is 16.9. The molecule has 0 spiro atoms. The monoisotopic (exact) mass is 490 g/mol. The zero-order chi connectivity index (χ0) is 24.4. The fraction of sp³-hybridized carbons (Fsp3) is 0.269. The van der Waals surface area contributed by atoms with Gasteiger partial charge < -0.3 is 0 Å². The summed E-state index contributed by atoms with van der Waals surface area (Å²) in [5.74, 6) is -0.736. The van der Waals surface area contributed by atoms with Gasteiger partial charge in [0.15, 0.2) is 0 Å². The quantitative estimate of drug-likeness (QED) is 0.473. The van der Waals surface area contributed by atoms with E-state index in [-0.39, 0.29) is 23.0 Å². The van der Waals surface area contributed by atoms with Crippen LogP contribution in [-0.2, 0) is 23.0 Å². The molecule has 0 atom stereocenters. The van der Waals surface area contributed by atoms with E-state index in [9.17, 15) is 18.0 Å². The molecule has 9 heteroatoms. The molecule has 0 aliphatic carbocycles. The fourth-order valence-corrected chi connectivity index (χ4v) is 5.93. The average Bonchev–Trinajstić information content (AvgIpc) is 3.13. The third-order valence-corrected chi connectivity index (χ3v) is 8.41. The summed E-state index contributed by atoms with van der Waals surface area (Å²) in [6.07, 6.45) is 1.93. The van der Waals surface area contributed by atoms with E-state index in [1.807, 2.05) is 18.2 Å². The Balaban J connectivity index is 1.17. The number of rotatable bonds is 7. The fourth-order valence-electron chi connectivity index (χ4n) is 4.50. The van der Waals surface area contributed by atoms with Crippen molar-refractivity contribution in [2.24, 2.45) is 0 Å². The summed E-state index contributed by atoms with van der Waals surface area (Å²) in [7, 11) is -3.58. The smallest absolute Gasteiger partial charge is 0.280 e. The van der Waals surface area contributed by atoms with Crippen LogP contribution in [0.1, 0.15) is 32.0 Å². The van der Waals surface area contributed by atoms with Crippen LogP contribution >= 0.6 is 0 Å². The largest absolute Gasteiger partial charge is 0.296 e. The van der Waals surface area contributed by atoms with Crippen molar-refractivity contribution in [1.29, 1.82) is 0 Å². The minimum atomic E-state index is -3.58. The number of pyridine rings is 1. The van der Waals surface area contributed by atoms with Crippen molar-refractivity contribution in [1.82, 2.24) is 19.1 Å². The van der Waals surface area contributed by atoms with Crippen molar-refractivity contribution < 1.29 is 18.0 Å². The van der Waals surface area contributed by atoms with Crippen molar-refractivity contribution in [2.75, 3.05) is 32.7 Å². The van der Waals surface area contributed by atoms with Crippen LogP contribution in [0.25, 0.3) is 0 Å². The third-order valence-electron chi connectivity index (χ3n) is 6.50. The van der Waals surface area contributed by atoms with Gasteiger partial charge in [-0.15, -0.1) is 0 Å². The van der Waals surface area contributed by atoms with Crippen LogP contribution in [0.2, 0.25) is 0 Å². The van der Waals surface area contributed by atoms with Gasteiger partial charge in [0.1, 0.15) is 5.69 Å². The normalized spacial score (nSPS) is 17.1. The lowest BCUT2D eigenvalue weighted by atomic mass is 10.1. The van der Waals surface area contributed by atoms with Gasteiger partial charge in [-0.3, -0.25) is 24.4 Å². The Hall–Kier alpha value is -3.40. The van der Waals surface area contributed by atoms with Crippen LogP contribution < -0.4 is 0 Å². The topological polar surface area (TPSA) is 90.9 Å². The van der Waals surface area contributed by atoms with E-state index < -0.39 is 15.9 Å². The molecule has 2 aromatic carbocycles. The maximum Gasteiger partial charge on any atom is 0.280 e. The van der Waals surface area contributed by atoms with Gasteiger partial charge in [-0.2, -0.15) is 4.31 Å². The van der Waals surface area contributed by atoms with Crippen LogP contribution in [0.15, 0.2) is 77.8 Å². The Morgan fingerprint density at radius 2 is 1.49 bits per heavy atom. The van der Waals surface area contributed by atoms with E-state index in [0.29, 0.717) is 38.2 Å². The first kappa shape index (κ1) is 23.3. The summed E-state index contributed by atoms with van der Waals surface area (Å²) < 4.78 is 27.8. The van der Waals surface area contributed by atoms with Crippen LogP contribution in [-0.4, -0.2) is 72.0 Å². The minimum Gasteiger partial charge on any atom is -0.296 e. The lowest BCUT2D eigenvalue weighted by molar-refractivity contribution is 0.0654. The molecule has 5 rings (SSSR count). The van der Waals surface area contributed by atoms with E-state index in [1.165, 1.54) is 21.0 Å². The number of sulfonamides is 1. The molecule has 2 aliphatic rings. The lowest BCUT2D eigenvalue weighted by Crippen LogP contribution is -2.48. The second-order valence-corrected chi connectivity index (χ2v) is 10.7. The molecule has 1 fully saturated rings. The van der Waals surface area contributed by atoms with Crippen LogP contribution in [0, 0.1) is 0 Å². The maximum absolute atomic E-state index is 13.1. The molecule has 2 aliphatic heterocycles. The van der Waals surface area contributed by atoms with E-state index in [4.69, 9.17) is 0 Å². The van der Waals surface area contributed by atoms with Crippen molar-refractivity contribution in [3.8, 4) is 0 Å². The molecule has 0 saturated carbocycles. The van der Waals surface area contributed by atoms with Gasteiger partial charge in [-0.1, -0.05) is 42.5 Å². The number of nitrogens with zero attached hydrogens (tertiary/aromatic N) is 4. The molecule has 0 bridgehead atoms. The van der Waals surface area contributed by atoms with Crippen molar-refractivity contribution in [3.63, 3.8) is 0 Å². The molecule has 8 nitrogen and oxygen atoms in total. The minimum absolute atomic E-state index is 0.183. The number of hydrogen-bond donors (Lipinski definition) is 0. The molecule has 180 valence electrons. The van der Waals surface area contributed by atoms with Gasteiger partial charge in [0.05, 0.1) is 10.5 Å². The highest BCUT2D eigenvalue weighted by Gasteiger charge is 2.36. The maximum atomic E-state index is 13.1. The molecule has 35 heavy (non-hydrogen) atoms. The van der Waals surface area contributed by atoms with E-state index in [1.54, 1.807) is 36.4 Å². The average molecular weight is 491 g/mol. The molecule has 0 unspecified atom stereocenters. The number of amides is 2. The Bertz CT molecular complexity index is 1300. The number of hydrogen-bond acceptors (Lipinski definition) is 6. The summed E-state index contributed by atoms with van der Waals surface area (Å²) >= 11 is 0. The summed E-state index contributed by atoms with van der Waals surface area (Å²) in [4.78, 5) is 32.7. The molecule has 1 saturated heterocycles. The van der Waals surface area contributed by atoms with Crippen molar-refractivity contribution in [3.05, 3.63) is 95.3 Å². The summed E-state index contributed by atoms with van der Waals surface area (Å²) in [6, 6.07) is 20.1. The Kier molecular flexibility index (Phi) is 6.46. The van der Waals surface area contributed by atoms with Gasteiger partial charge in [0, 0.05) is 45.5 Å². The lowest BCUT2D eigenvalue weighted by Gasteiger charge is -2.34. The van der Waals surface area contributed by atoms with Gasteiger partial charge in [-0.25, -0.2) is 8.42 Å². The molecule has 3 aromatic rings. The first-order valence-corrected chi connectivity index (χ1v) is 13.0. The molecule has 1 aromatic heterocycles. The summed E-state index contributed by atoms with van der Waals surface area (Å²) in [5, 5.41) is 0. The standard InChI is InChI=1S/C26H26N4O4S/c31-25-23-7-4-13-27-24(23)26(32)30(25)14-12-20-8-10-22(11-9-20)35(33,34)29-17-15-28(16-18-29)19-21-5-2-1-3-6-21/h1-11,13H,12,14-19H2. The second-order valence-electron chi connectivity index (χ2n) is 8.72. The van der Waals surface area contributed by atoms with Gasteiger partial charge in [0.25, 0.3) is 11.8 Å². The molecular weight excluding hydrogens is 464 g/mol. The number of piperazine rings is 1. The van der Waals surface area contributed by atoms with Gasteiger partial charge >= 0.3 is 0 Å². The molecule has 0 radical (unpaired) electrons. The SMILES string of the molecule is O=C1c2cccnc2C(=O)N1CCc1ccc(S(=O)(=O)N2CCN(Cc3ccccc3)CC2)cc1. The number of benzene rings is 2. The molecule has 2 amide bonds. The number of aromatic nitrogens is 1. The van der Waals surface area contributed by atoms with Gasteiger partial charge in [-0.05, 0) is 41.8 Å². The van der Waals surface area contributed by atoms with Crippen molar-refractivity contribution in [2.45, 2.75) is 17.9 Å². The second kappa shape index (κ2) is 9.69. The zero-order valence-corrected chi connectivity index (χ0v) is 20.0. The predicted molar refractivity (Wildman–Crippen MR) is 130 cm³/mol. The number of carbonyl (C=O) groups excluding carboxylic acids is 2. The number of fused-ring (bicyclic) bond motifs is 1. The first-order valence-electron chi connectivity index (χ1n) is 11.6. The predicted octanol–water partition coefficient (Wildman–Crippen LogP) is 2.43. The third kappa shape index (κ3) is 4.75. The Labute approximate surface area is 204 Å². The number of imide groups is 1. The van der Waals surface area contributed by atoms with Crippen molar-refractivity contribution >= 4 is 21.8 Å². The Morgan fingerprint density at radius 3 is 2.17 bits per heavy atom. The van der Waals surface area contributed by atoms with E-state index >= 15 is 0 Å². The molecule has 0 N–H and O–H groups in total. The molecular formula is C26H26N4O4S. The zero-order valence-electron chi connectivity index (χ0n) is 19.2. The highest BCUT2D eigenvalue weighted by molar-refractivity contribution is 7.89. The van der Waals surface area contributed by atoms with Crippen LogP contribution in [0.4, 0.5) is 0 Å². The van der Waals surface area contributed by atoms with E-state index in [2.05, 4.69) is 22.0 Å². The number of carbonyl (C=O) groups is 2. The molecule has 3 heterocycles. The van der Waals surface area contributed by atoms with Crippen LogP contribution in [0.5, 0.6) is 0 Å².